The molecule has 0 spiro atoms. The van der Waals surface area contributed by atoms with E-state index in [2.05, 4.69) is 15.5 Å². The van der Waals surface area contributed by atoms with Gasteiger partial charge in [-0.3, -0.25) is 9.69 Å². The largest absolute Gasteiger partial charge is 0.322 e. The van der Waals surface area contributed by atoms with Gasteiger partial charge in [-0.15, -0.1) is 0 Å². The molecule has 0 bridgehead atoms. The van der Waals surface area contributed by atoms with Crippen LogP contribution in [0, 0.1) is 17.6 Å². The fourth-order valence-electron chi connectivity index (χ4n) is 2.97. The highest BCUT2D eigenvalue weighted by atomic mass is 19.1. The van der Waals surface area contributed by atoms with E-state index >= 15 is 0 Å². The number of anilines is 1. The van der Waals surface area contributed by atoms with Crippen molar-refractivity contribution in [2.24, 2.45) is 5.92 Å². The molecule has 1 unspecified atom stereocenters. The summed E-state index contributed by atoms with van der Waals surface area (Å²) in [6, 6.07) is 2.69. The fourth-order valence-corrected chi connectivity index (χ4v) is 2.97. The third-order valence-electron chi connectivity index (χ3n) is 4.57. The van der Waals surface area contributed by atoms with Crippen molar-refractivity contribution in [2.75, 3.05) is 32.0 Å². The highest BCUT2D eigenvalue weighted by molar-refractivity contribution is 5.94. The van der Waals surface area contributed by atoms with E-state index in [-0.39, 0.29) is 17.6 Å². The lowest BCUT2D eigenvalue weighted by Gasteiger charge is -2.35. The molecule has 1 aromatic rings. The van der Waals surface area contributed by atoms with Crippen LogP contribution in [0.5, 0.6) is 0 Å². The molecule has 0 aliphatic carbocycles. The Kier molecular flexibility index (Phi) is 6.47. The number of halogens is 2. The number of rotatable bonds is 6. The van der Waals surface area contributed by atoms with Crippen LogP contribution in [0.25, 0.3) is 0 Å². The van der Waals surface area contributed by atoms with Crippen LogP contribution in [0.4, 0.5) is 14.5 Å². The fraction of sp³-hybridized carbons (Fsp3) is 0.588. The zero-order chi connectivity index (χ0) is 16.8. The number of carbonyl (C=O) groups is 1. The molecule has 2 N–H and O–H groups in total. The monoisotopic (exact) mass is 325 g/mol. The van der Waals surface area contributed by atoms with Gasteiger partial charge in [-0.25, -0.2) is 8.78 Å². The van der Waals surface area contributed by atoms with Gasteiger partial charge in [0.1, 0.15) is 11.6 Å². The summed E-state index contributed by atoms with van der Waals surface area (Å²) < 4.78 is 26.8. The molecule has 1 aliphatic heterocycles. The first-order valence-corrected chi connectivity index (χ1v) is 8.16. The molecule has 6 heteroatoms. The Bertz CT molecular complexity index is 531. The van der Waals surface area contributed by atoms with Crippen molar-refractivity contribution in [1.82, 2.24) is 10.2 Å². The maximum Gasteiger partial charge on any atom is 0.241 e. The minimum Gasteiger partial charge on any atom is -0.322 e. The van der Waals surface area contributed by atoms with E-state index in [0.29, 0.717) is 5.92 Å². The van der Waals surface area contributed by atoms with Crippen molar-refractivity contribution in [3.63, 3.8) is 0 Å². The van der Waals surface area contributed by atoms with Gasteiger partial charge in [0.05, 0.1) is 11.7 Å². The number of amides is 1. The highest BCUT2D eigenvalue weighted by Gasteiger charge is 2.26. The molecular weight excluding hydrogens is 300 g/mol. The molecule has 1 heterocycles. The van der Waals surface area contributed by atoms with E-state index in [4.69, 9.17) is 0 Å². The van der Waals surface area contributed by atoms with E-state index in [0.717, 1.165) is 57.1 Å². The molecule has 1 fully saturated rings. The molecule has 128 valence electrons. The van der Waals surface area contributed by atoms with Crippen LogP contribution in [0.1, 0.15) is 26.2 Å². The minimum absolute atomic E-state index is 0.106. The predicted octanol–water partition coefficient (Wildman–Crippen LogP) is 2.61. The van der Waals surface area contributed by atoms with E-state index in [1.54, 1.807) is 6.92 Å². The highest BCUT2D eigenvalue weighted by Crippen LogP contribution is 2.22. The predicted molar refractivity (Wildman–Crippen MR) is 87.3 cm³/mol. The quantitative estimate of drug-likeness (QED) is 0.845. The van der Waals surface area contributed by atoms with E-state index < -0.39 is 11.6 Å². The lowest BCUT2D eigenvalue weighted by molar-refractivity contribution is -0.121. The third kappa shape index (κ3) is 4.97. The second kappa shape index (κ2) is 8.36. The molecule has 23 heavy (non-hydrogen) atoms. The smallest absolute Gasteiger partial charge is 0.241 e. The Hall–Kier alpha value is -1.53. The zero-order valence-corrected chi connectivity index (χ0v) is 13.7. The third-order valence-corrected chi connectivity index (χ3v) is 4.57. The van der Waals surface area contributed by atoms with Crippen molar-refractivity contribution >= 4 is 11.6 Å². The number of nitrogens with zero attached hydrogens (tertiary/aromatic N) is 1. The molecule has 0 saturated carbocycles. The molecular formula is C17H25F2N3O. The van der Waals surface area contributed by atoms with Crippen LogP contribution in [-0.4, -0.2) is 43.5 Å². The van der Waals surface area contributed by atoms with Crippen molar-refractivity contribution in [1.29, 1.82) is 0 Å². The topological polar surface area (TPSA) is 44.4 Å². The SMILES string of the molecule is CNCCC1CCN(C(C)C(=O)Nc2cc(F)ccc2F)CC1. The number of carbonyl (C=O) groups excluding carboxylic acids is 1. The average Bonchev–Trinajstić information content (AvgIpc) is 2.56. The zero-order valence-electron chi connectivity index (χ0n) is 13.7. The van der Waals surface area contributed by atoms with Gasteiger partial charge < -0.3 is 10.6 Å². The molecule has 4 nitrogen and oxygen atoms in total. The van der Waals surface area contributed by atoms with Gasteiger partial charge in [-0.05, 0) is 70.9 Å². The number of piperidine rings is 1. The van der Waals surface area contributed by atoms with Crippen LogP contribution in [0.15, 0.2) is 18.2 Å². The van der Waals surface area contributed by atoms with Gasteiger partial charge in [0.25, 0.3) is 0 Å². The molecule has 1 aliphatic rings. The average molecular weight is 325 g/mol. The summed E-state index contributed by atoms with van der Waals surface area (Å²) in [5.41, 5.74) is -0.106. The maximum absolute atomic E-state index is 13.6. The van der Waals surface area contributed by atoms with Crippen molar-refractivity contribution in [3.8, 4) is 0 Å². The number of nitrogens with one attached hydrogen (secondary N) is 2. The summed E-state index contributed by atoms with van der Waals surface area (Å²) in [6.45, 7) is 4.53. The van der Waals surface area contributed by atoms with Crippen LogP contribution in [0.3, 0.4) is 0 Å². The van der Waals surface area contributed by atoms with Crippen molar-refractivity contribution < 1.29 is 13.6 Å². The molecule has 0 aromatic heterocycles. The van der Waals surface area contributed by atoms with E-state index in [9.17, 15) is 13.6 Å². The first kappa shape index (κ1) is 17.8. The Balaban J connectivity index is 1.87. The summed E-state index contributed by atoms with van der Waals surface area (Å²) in [5.74, 6) is -0.810. The number of likely N-dealkylation sites (tertiary alicyclic amines) is 1. The molecule has 1 aromatic carbocycles. The summed E-state index contributed by atoms with van der Waals surface area (Å²) in [4.78, 5) is 14.4. The number of hydrogen-bond acceptors (Lipinski definition) is 3. The van der Waals surface area contributed by atoms with E-state index in [1.165, 1.54) is 0 Å². The van der Waals surface area contributed by atoms with Gasteiger partial charge >= 0.3 is 0 Å². The molecule has 1 saturated heterocycles. The van der Waals surface area contributed by atoms with Crippen molar-refractivity contribution in [2.45, 2.75) is 32.2 Å². The first-order valence-electron chi connectivity index (χ1n) is 8.16. The first-order chi connectivity index (χ1) is 11.0. The summed E-state index contributed by atoms with van der Waals surface area (Å²) in [5, 5.41) is 5.65. The normalized spacial score (nSPS) is 17.9. The van der Waals surface area contributed by atoms with Gasteiger partial charge in [-0.1, -0.05) is 0 Å². The van der Waals surface area contributed by atoms with Crippen LogP contribution < -0.4 is 10.6 Å². The second-order valence-corrected chi connectivity index (χ2v) is 6.16. The van der Waals surface area contributed by atoms with Gasteiger partial charge in [0, 0.05) is 6.07 Å². The van der Waals surface area contributed by atoms with Crippen LogP contribution in [0.2, 0.25) is 0 Å². The molecule has 0 radical (unpaired) electrons. The summed E-state index contributed by atoms with van der Waals surface area (Å²) >= 11 is 0. The van der Waals surface area contributed by atoms with Crippen LogP contribution in [-0.2, 0) is 4.79 Å². The molecule has 1 amide bonds. The Morgan fingerprint density at radius 1 is 1.35 bits per heavy atom. The van der Waals surface area contributed by atoms with E-state index in [1.807, 2.05) is 7.05 Å². The van der Waals surface area contributed by atoms with Gasteiger partial charge in [0.15, 0.2) is 0 Å². The maximum atomic E-state index is 13.6. The Morgan fingerprint density at radius 3 is 2.70 bits per heavy atom. The van der Waals surface area contributed by atoms with Gasteiger partial charge in [-0.2, -0.15) is 0 Å². The Morgan fingerprint density at radius 2 is 2.04 bits per heavy atom. The standard InChI is InChI=1S/C17H25F2N3O/c1-12(22-9-6-13(7-10-22)5-8-20-2)17(23)21-16-11-14(18)3-4-15(16)19/h3-4,11-13,20H,5-10H2,1-2H3,(H,21,23). The molecule has 1 atom stereocenters. The lowest BCUT2D eigenvalue weighted by Crippen LogP contribution is -2.46. The van der Waals surface area contributed by atoms with Crippen molar-refractivity contribution in [3.05, 3.63) is 29.8 Å². The lowest BCUT2D eigenvalue weighted by atomic mass is 9.93. The Labute approximate surface area is 136 Å². The number of benzene rings is 1. The van der Waals surface area contributed by atoms with Gasteiger partial charge in [0.2, 0.25) is 5.91 Å². The minimum atomic E-state index is -0.627. The summed E-state index contributed by atoms with van der Waals surface area (Å²) in [6.07, 6.45) is 3.28. The number of hydrogen-bond donors (Lipinski definition) is 2. The van der Waals surface area contributed by atoms with Crippen LogP contribution >= 0.6 is 0 Å². The summed E-state index contributed by atoms with van der Waals surface area (Å²) in [7, 11) is 1.95. The molecule has 2 rings (SSSR count). The second-order valence-electron chi connectivity index (χ2n) is 6.16.